The number of carbonyl (C=O) groups excluding carboxylic acids is 3. The second-order valence-corrected chi connectivity index (χ2v) is 12.0. The molecular weight excluding hydrogens is 534 g/mol. The highest BCUT2D eigenvalue weighted by Gasteiger charge is 2.39. The van der Waals surface area contributed by atoms with E-state index in [2.05, 4.69) is 5.32 Å². The highest BCUT2D eigenvalue weighted by Crippen LogP contribution is 2.25. The van der Waals surface area contributed by atoms with Crippen LogP contribution in [0.1, 0.15) is 122 Å². The third-order valence-electron chi connectivity index (χ3n) is 8.24. The highest BCUT2D eigenvalue weighted by molar-refractivity contribution is 6.27. The molecule has 1 heterocycles. The molecule has 2 rings (SSSR count). The van der Waals surface area contributed by atoms with Gasteiger partial charge in [-0.1, -0.05) is 89.7 Å². The van der Waals surface area contributed by atoms with Gasteiger partial charge in [-0.25, -0.2) is 0 Å². The molecule has 1 aliphatic heterocycles. The van der Waals surface area contributed by atoms with Crippen LogP contribution in [0, 0.1) is 5.92 Å². The van der Waals surface area contributed by atoms with Gasteiger partial charge in [0.1, 0.15) is 22.9 Å². The number of ketones is 2. The van der Waals surface area contributed by atoms with E-state index in [1.165, 1.54) is 12.1 Å². The Labute approximate surface area is 251 Å². The van der Waals surface area contributed by atoms with Gasteiger partial charge in [-0.15, -0.1) is 0 Å². The van der Waals surface area contributed by atoms with Crippen molar-refractivity contribution in [1.82, 2.24) is 5.32 Å². The molecular formula is C34H53NO7. The number of aromatic hydroxyl groups is 1. The lowest BCUT2D eigenvalue weighted by Crippen LogP contribution is -2.31. The van der Waals surface area contributed by atoms with E-state index in [9.17, 15) is 29.7 Å². The first-order valence-electron chi connectivity index (χ1n) is 16.1. The van der Waals surface area contributed by atoms with E-state index >= 15 is 0 Å². The fourth-order valence-corrected chi connectivity index (χ4v) is 5.50. The molecule has 42 heavy (non-hydrogen) atoms. The van der Waals surface area contributed by atoms with E-state index in [1.807, 2.05) is 6.92 Å². The first-order chi connectivity index (χ1) is 20.2. The van der Waals surface area contributed by atoms with E-state index in [4.69, 9.17) is 5.11 Å². The van der Waals surface area contributed by atoms with Crippen LogP contribution in [0.5, 0.6) is 5.75 Å². The van der Waals surface area contributed by atoms with Gasteiger partial charge in [0.2, 0.25) is 0 Å². The van der Waals surface area contributed by atoms with Gasteiger partial charge in [-0.3, -0.25) is 14.4 Å². The van der Waals surface area contributed by atoms with Gasteiger partial charge in [0.25, 0.3) is 5.91 Å². The summed E-state index contributed by atoms with van der Waals surface area (Å²) >= 11 is 0. The SMILES string of the molecule is CC(CCCCCCCCC(=O)CCCCCCCCCC(O)CO)C(O)=C1C(=O)NC(Cc2ccc(O)cc2)C1=O. The number of benzene rings is 1. The van der Waals surface area contributed by atoms with Crippen LogP contribution in [0.2, 0.25) is 0 Å². The first kappa shape index (κ1) is 35.5. The number of allylic oxidation sites excluding steroid dienone is 1. The number of nitrogens with one attached hydrogen (secondary N) is 1. The third-order valence-corrected chi connectivity index (χ3v) is 8.24. The van der Waals surface area contributed by atoms with Crippen LogP contribution >= 0.6 is 0 Å². The summed E-state index contributed by atoms with van der Waals surface area (Å²) < 4.78 is 0. The summed E-state index contributed by atoms with van der Waals surface area (Å²) in [5.74, 6) is -0.800. The standard InChI is InChI=1S/C34H53NO7/c1-25(32(40)31-33(41)30(35-34(31)42)23-26-19-21-28(38)22-20-26)15-11-7-5-6-9-13-17-27(37)16-12-8-3-2-4-10-14-18-29(39)24-36/h19-22,25,29-30,36,38-40H,2-18,23-24H2,1H3,(H,35,42). The van der Waals surface area contributed by atoms with Crippen LogP contribution in [0.4, 0.5) is 0 Å². The fraction of sp³-hybridized carbons (Fsp3) is 0.676. The number of hydrogen-bond acceptors (Lipinski definition) is 7. The molecule has 0 saturated carbocycles. The number of rotatable bonds is 23. The molecule has 1 aliphatic rings. The Balaban J connectivity index is 1.49. The summed E-state index contributed by atoms with van der Waals surface area (Å²) in [5.41, 5.74) is 0.694. The molecule has 1 fully saturated rings. The molecule has 3 unspecified atom stereocenters. The number of hydrogen-bond donors (Lipinski definition) is 5. The van der Waals surface area contributed by atoms with E-state index < -0.39 is 18.1 Å². The van der Waals surface area contributed by atoms with Crippen molar-refractivity contribution in [2.24, 2.45) is 5.92 Å². The molecule has 0 radical (unpaired) electrons. The average Bonchev–Trinajstić information content (AvgIpc) is 3.25. The van der Waals surface area contributed by atoms with Gasteiger partial charge < -0.3 is 25.7 Å². The predicted octanol–water partition coefficient (Wildman–Crippen LogP) is 6.00. The van der Waals surface area contributed by atoms with Crippen LogP contribution in [-0.4, -0.2) is 56.7 Å². The minimum atomic E-state index is -0.709. The predicted molar refractivity (Wildman–Crippen MR) is 164 cm³/mol. The molecule has 0 bridgehead atoms. The van der Waals surface area contributed by atoms with Gasteiger partial charge in [0.15, 0.2) is 5.78 Å². The lowest BCUT2D eigenvalue weighted by Gasteiger charge is -2.12. The molecule has 0 aliphatic carbocycles. The van der Waals surface area contributed by atoms with Gasteiger partial charge in [-0.05, 0) is 43.4 Å². The van der Waals surface area contributed by atoms with Crippen LogP contribution in [0.15, 0.2) is 35.6 Å². The third kappa shape index (κ3) is 13.5. The molecule has 236 valence electrons. The Morgan fingerprint density at radius 1 is 0.810 bits per heavy atom. The second-order valence-electron chi connectivity index (χ2n) is 12.0. The van der Waals surface area contributed by atoms with E-state index in [1.54, 1.807) is 12.1 Å². The molecule has 1 amide bonds. The van der Waals surface area contributed by atoms with E-state index in [-0.39, 0.29) is 35.4 Å². The molecule has 1 aromatic rings. The van der Waals surface area contributed by atoms with Crippen molar-refractivity contribution in [2.45, 2.75) is 135 Å². The highest BCUT2D eigenvalue weighted by atomic mass is 16.3. The zero-order chi connectivity index (χ0) is 30.7. The number of phenolic OH excluding ortho intramolecular Hbond substituents is 1. The number of carbonyl (C=O) groups is 3. The summed E-state index contributed by atoms with van der Waals surface area (Å²) in [6, 6.07) is 5.79. The van der Waals surface area contributed by atoms with Crippen LogP contribution < -0.4 is 5.32 Å². The number of amides is 1. The van der Waals surface area contributed by atoms with Crippen molar-refractivity contribution in [3.63, 3.8) is 0 Å². The van der Waals surface area contributed by atoms with E-state index in [0.29, 0.717) is 37.9 Å². The Morgan fingerprint density at radius 2 is 1.31 bits per heavy atom. The lowest BCUT2D eigenvalue weighted by molar-refractivity contribution is -0.119. The van der Waals surface area contributed by atoms with Gasteiger partial charge >= 0.3 is 0 Å². The van der Waals surface area contributed by atoms with Crippen molar-refractivity contribution in [3.05, 3.63) is 41.2 Å². The van der Waals surface area contributed by atoms with Crippen LogP contribution in [0.3, 0.4) is 0 Å². The maximum atomic E-state index is 12.8. The summed E-state index contributed by atoms with van der Waals surface area (Å²) in [4.78, 5) is 37.4. The maximum Gasteiger partial charge on any atom is 0.259 e. The summed E-state index contributed by atoms with van der Waals surface area (Å²) in [6.07, 6.45) is 16.0. The molecule has 0 aromatic heterocycles. The van der Waals surface area contributed by atoms with Gasteiger partial charge in [0, 0.05) is 25.2 Å². The monoisotopic (exact) mass is 587 g/mol. The van der Waals surface area contributed by atoms with Crippen molar-refractivity contribution >= 4 is 17.5 Å². The normalized spacial score (nSPS) is 17.7. The zero-order valence-corrected chi connectivity index (χ0v) is 25.5. The molecule has 8 heteroatoms. The Morgan fingerprint density at radius 3 is 1.86 bits per heavy atom. The van der Waals surface area contributed by atoms with Gasteiger partial charge in [-0.2, -0.15) is 0 Å². The van der Waals surface area contributed by atoms with Crippen molar-refractivity contribution in [3.8, 4) is 5.75 Å². The van der Waals surface area contributed by atoms with Crippen LogP contribution in [-0.2, 0) is 20.8 Å². The minimum Gasteiger partial charge on any atom is -0.511 e. The van der Waals surface area contributed by atoms with Crippen LogP contribution in [0.25, 0.3) is 0 Å². The summed E-state index contributed by atoms with van der Waals surface area (Å²) in [5, 5.41) is 40.9. The topological polar surface area (TPSA) is 144 Å². The van der Waals surface area contributed by atoms with E-state index in [0.717, 1.165) is 89.0 Å². The summed E-state index contributed by atoms with van der Waals surface area (Å²) in [6.45, 7) is 1.69. The first-order valence-corrected chi connectivity index (χ1v) is 16.1. The lowest BCUT2D eigenvalue weighted by atomic mass is 9.94. The number of phenols is 1. The Kier molecular flexibility index (Phi) is 17.1. The number of Topliss-reactive ketones (excluding diaryl/α,β-unsaturated/α-hetero) is 2. The number of unbranched alkanes of at least 4 members (excludes halogenated alkanes) is 11. The van der Waals surface area contributed by atoms with Crippen molar-refractivity contribution in [1.29, 1.82) is 0 Å². The Bertz CT molecular complexity index is 988. The molecule has 5 N–H and O–H groups in total. The molecule has 1 aromatic carbocycles. The van der Waals surface area contributed by atoms with Gasteiger partial charge in [0.05, 0.1) is 18.8 Å². The van der Waals surface area contributed by atoms with Crippen molar-refractivity contribution in [2.75, 3.05) is 6.61 Å². The zero-order valence-electron chi connectivity index (χ0n) is 25.5. The number of aliphatic hydroxyl groups excluding tert-OH is 3. The maximum absolute atomic E-state index is 12.8. The quantitative estimate of drug-likeness (QED) is 0.0457. The van der Waals surface area contributed by atoms with Crippen molar-refractivity contribution < 1.29 is 34.8 Å². The molecule has 3 atom stereocenters. The second kappa shape index (κ2) is 20.2. The Hall–Kier alpha value is -2.71. The minimum absolute atomic E-state index is 0.122. The smallest absolute Gasteiger partial charge is 0.259 e. The molecule has 0 spiro atoms. The summed E-state index contributed by atoms with van der Waals surface area (Å²) in [7, 11) is 0. The molecule has 1 saturated heterocycles. The molecule has 8 nitrogen and oxygen atoms in total. The largest absolute Gasteiger partial charge is 0.511 e. The fourth-order valence-electron chi connectivity index (χ4n) is 5.50. The number of aliphatic hydroxyl groups is 3. The average molecular weight is 588 g/mol.